The molecule has 0 aliphatic rings. The van der Waals surface area contributed by atoms with Crippen molar-refractivity contribution >= 4 is 24.9 Å². The van der Waals surface area contributed by atoms with E-state index >= 15 is 0 Å². The summed E-state index contributed by atoms with van der Waals surface area (Å²) in [6.07, 6.45) is 6.11. The van der Waals surface area contributed by atoms with Gasteiger partial charge in [0.15, 0.2) is 17.5 Å². The Bertz CT molecular complexity index is 537. The first-order valence-electron chi connectivity index (χ1n) is 8.92. The molecule has 0 amide bonds. The molecule has 0 bridgehead atoms. The van der Waals surface area contributed by atoms with Crippen LogP contribution in [0.3, 0.4) is 0 Å². The van der Waals surface area contributed by atoms with Crippen LogP contribution in [0.25, 0.3) is 0 Å². The molecule has 24 heavy (non-hydrogen) atoms. The number of hydrazone groups is 1. The highest BCUT2D eigenvalue weighted by Crippen LogP contribution is 2.36. The molecule has 1 rings (SSSR count). The second-order valence-corrected chi connectivity index (χ2v) is 9.37. The molecule has 0 aliphatic heterocycles. The van der Waals surface area contributed by atoms with Crippen molar-refractivity contribution in [1.29, 1.82) is 0 Å². The Morgan fingerprint density at radius 3 is 2.17 bits per heavy atom. The van der Waals surface area contributed by atoms with Crippen LogP contribution in [-0.2, 0) is 11.8 Å². The van der Waals surface area contributed by atoms with Gasteiger partial charge in [0.25, 0.3) is 0 Å². The summed E-state index contributed by atoms with van der Waals surface area (Å²) >= 11 is 5.66. The van der Waals surface area contributed by atoms with Crippen molar-refractivity contribution in [3.8, 4) is 5.75 Å². The Balaban J connectivity index is 2.71. The first kappa shape index (κ1) is 21.1. The Morgan fingerprint density at radius 1 is 1.17 bits per heavy atom. The lowest BCUT2D eigenvalue weighted by molar-refractivity contribution is 0.0803. The van der Waals surface area contributed by atoms with Gasteiger partial charge in [-0.15, -0.1) is 9.88 Å². The zero-order valence-electron chi connectivity index (χ0n) is 16.0. The molecule has 0 spiro atoms. The van der Waals surface area contributed by atoms with E-state index in [0.717, 1.165) is 37.0 Å². The van der Waals surface area contributed by atoms with E-state index < -0.39 is 6.85 Å². The second-order valence-electron chi connectivity index (χ2n) is 6.33. The lowest BCUT2D eigenvalue weighted by atomic mass is 10.00. The van der Waals surface area contributed by atoms with Gasteiger partial charge in [0.2, 0.25) is 0 Å². The molecule has 0 radical (unpaired) electrons. The predicted octanol–water partition coefficient (Wildman–Crippen LogP) is 5.96. The van der Waals surface area contributed by atoms with Gasteiger partial charge < -0.3 is 4.74 Å². The van der Waals surface area contributed by atoms with Gasteiger partial charge in [0.05, 0.1) is 13.3 Å². The summed E-state index contributed by atoms with van der Waals surface area (Å²) in [7, 11) is 1.99. The number of rotatable bonds is 10. The van der Waals surface area contributed by atoms with Crippen LogP contribution >= 0.6 is 6.85 Å². The molecule has 0 aromatic heterocycles. The smallest absolute Gasteiger partial charge is 0.313 e. The van der Waals surface area contributed by atoms with E-state index in [0.29, 0.717) is 5.66 Å². The largest absolute Gasteiger partial charge is 0.488 e. The number of benzene rings is 1. The first-order chi connectivity index (χ1) is 11.4. The molecule has 3 nitrogen and oxygen atoms in total. The van der Waals surface area contributed by atoms with E-state index in [4.69, 9.17) is 16.5 Å². The van der Waals surface area contributed by atoms with Gasteiger partial charge in [-0.1, -0.05) is 27.7 Å². The highest BCUT2D eigenvalue weighted by molar-refractivity contribution is 8.04. The van der Waals surface area contributed by atoms with Gasteiger partial charge in [-0.05, 0) is 62.4 Å². The third kappa shape index (κ3) is 6.14. The molecule has 1 aromatic carbocycles. The van der Waals surface area contributed by atoms with E-state index in [-0.39, 0.29) is 5.60 Å². The molecule has 1 aromatic rings. The van der Waals surface area contributed by atoms with Crippen molar-refractivity contribution < 1.29 is 4.74 Å². The monoisotopic (exact) mass is 367 g/mol. The minimum Gasteiger partial charge on any atom is -0.488 e. The van der Waals surface area contributed by atoms with Crippen molar-refractivity contribution in [2.75, 3.05) is 7.05 Å². The molecule has 0 N–H and O–H groups in total. The van der Waals surface area contributed by atoms with Crippen LogP contribution in [0.2, 0.25) is 0 Å². The van der Waals surface area contributed by atoms with E-state index in [1.165, 1.54) is 0 Å². The summed E-state index contributed by atoms with van der Waals surface area (Å²) in [5, 5.41) is 4.54. The van der Waals surface area contributed by atoms with Gasteiger partial charge in [-0.2, -0.15) is 0 Å². The molecule has 0 saturated carbocycles. The zero-order valence-corrected chi connectivity index (χ0v) is 17.7. The summed E-state index contributed by atoms with van der Waals surface area (Å²) in [5.74, 6) is 0.911. The summed E-state index contributed by atoms with van der Waals surface area (Å²) in [4.78, 5) is 0. The molecular formula is C19H32N2OPS+. The van der Waals surface area contributed by atoms with Gasteiger partial charge in [-0.3, -0.25) is 0 Å². The zero-order chi connectivity index (χ0) is 18.2. The van der Waals surface area contributed by atoms with Crippen LogP contribution in [-0.4, -0.2) is 29.3 Å². The van der Waals surface area contributed by atoms with E-state index in [2.05, 4.69) is 39.7 Å². The van der Waals surface area contributed by atoms with Crippen molar-refractivity contribution in [1.82, 2.24) is 4.78 Å². The number of ether oxygens (including phenoxy) is 1. The normalized spacial score (nSPS) is 12.7. The first-order valence-corrected chi connectivity index (χ1v) is 11.3. The van der Waals surface area contributed by atoms with Crippen molar-refractivity contribution in [3.05, 3.63) is 29.8 Å². The third-order valence-corrected chi connectivity index (χ3v) is 8.29. The molecule has 5 heteroatoms. The number of hydrogen-bond donors (Lipinski definition) is 0. The van der Waals surface area contributed by atoms with Crippen LogP contribution < -0.4 is 4.74 Å². The fourth-order valence-corrected chi connectivity index (χ4v) is 4.61. The molecule has 0 fully saturated rings. The summed E-state index contributed by atoms with van der Waals surface area (Å²) in [5.41, 5.74) is 1.53. The average molecular weight is 368 g/mol. The van der Waals surface area contributed by atoms with Crippen LogP contribution in [0.4, 0.5) is 0 Å². The molecule has 0 saturated heterocycles. The van der Waals surface area contributed by atoms with Crippen LogP contribution in [0.1, 0.15) is 65.9 Å². The molecule has 1 unspecified atom stereocenters. The Hall–Kier alpha value is -0.990. The average Bonchev–Trinajstić information content (AvgIpc) is 2.61. The fraction of sp³-hybridized carbons (Fsp3) is 0.632. The summed E-state index contributed by atoms with van der Waals surface area (Å²) in [6.45, 7) is 10.2. The Labute approximate surface area is 154 Å². The molecule has 0 aliphatic carbocycles. The van der Waals surface area contributed by atoms with Gasteiger partial charge in [-0.25, -0.2) is 0 Å². The standard InChI is InChI=1S/C19H32N2OPS/c1-7-18(8-2)23(24)21(6)20-15-16-11-13-17(14-12-16)22-19(5,9-3)10-4/h11-15,18H,7-10H2,1-6H3/q+1/b20-15+. The van der Waals surface area contributed by atoms with Gasteiger partial charge >= 0.3 is 6.85 Å². The maximum atomic E-state index is 6.11. The van der Waals surface area contributed by atoms with Gasteiger partial charge in [0, 0.05) is 0 Å². The topological polar surface area (TPSA) is 24.8 Å². The van der Waals surface area contributed by atoms with Crippen LogP contribution in [0, 0.1) is 0 Å². The van der Waals surface area contributed by atoms with Crippen molar-refractivity contribution in [3.63, 3.8) is 0 Å². The predicted molar refractivity (Wildman–Crippen MR) is 110 cm³/mol. The Morgan fingerprint density at radius 2 is 1.71 bits per heavy atom. The Kier molecular flexibility index (Phi) is 8.86. The highest BCUT2D eigenvalue weighted by Gasteiger charge is 2.26. The fourth-order valence-electron chi connectivity index (χ4n) is 2.34. The van der Waals surface area contributed by atoms with Crippen LogP contribution in [0.15, 0.2) is 29.4 Å². The van der Waals surface area contributed by atoms with Crippen molar-refractivity contribution in [2.24, 2.45) is 5.10 Å². The lowest BCUT2D eigenvalue weighted by Gasteiger charge is -2.28. The second kappa shape index (κ2) is 10.1. The van der Waals surface area contributed by atoms with E-state index in [1.807, 2.05) is 42.3 Å². The minimum atomic E-state index is -0.637. The minimum absolute atomic E-state index is 0.0939. The maximum absolute atomic E-state index is 6.11. The maximum Gasteiger partial charge on any atom is 0.313 e. The van der Waals surface area contributed by atoms with E-state index in [9.17, 15) is 0 Å². The number of nitrogens with zero attached hydrogens (tertiary/aromatic N) is 2. The van der Waals surface area contributed by atoms with E-state index in [1.54, 1.807) is 0 Å². The molecule has 0 heterocycles. The molecule has 1 atom stereocenters. The quantitative estimate of drug-likeness (QED) is 0.290. The van der Waals surface area contributed by atoms with Crippen molar-refractivity contribution in [2.45, 2.75) is 71.6 Å². The SMILES string of the molecule is CCC(CC)[P+](=S)N(C)/N=C/c1ccc(OC(C)(CC)CC)cc1. The number of hydrogen-bond acceptors (Lipinski definition) is 3. The molecule has 134 valence electrons. The summed E-state index contributed by atoms with van der Waals surface area (Å²) < 4.78 is 8.07. The third-order valence-electron chi connectivity index (χ3n) is 4.65. The lowest BCUT2D eigenvalue weighted by Crippen LogP contribution is -2.30. The highest BCUT2D eigenvalue weighted by atomic mass is 32.4. The van der Waals surface area contributed by atoms with Crippen LogP contribution in [0.5, 0.6) is 5.75 Å². The molecular weight excluding hydrogens is 335 g/mol. The summed E-state index contributed by atoms with van der Waals surface area (Å²) in [6, 6.07) is 8.12. The van der Waals surface area contributed by atoms with Gasteiger partial charge in [0.1, 0.15) is 11.4 Å².